The third-order valence-electron chi connectivity index (χ3n) is 2.68. The molecule has 18 heavy (non-hydrogen) atoms. The average Bonchev–Trinajstić information content (AvgIpc) is 2.40. The highest BCUT2D eigenvalue weighted by Crippen LogP contribution is 2.38. The topological polar surface area (TPSA) is 47.1 Å². The van der Waals surface area contributed by atoms with Crippen LogP contribution in [0.4, 0.5) is 0 Å². The maximum atomic E-state index is 5.38. The first-order valence-corrected chi connectivity index (χ1v) is 5.85. The summed E-state index contributed by atoms with van der Waals surface area (Å²) in [6, 6.07) is 5.65. The van der Waals surface area contributed by atoms with Crippen molar-refractivity contribution in [2.75, 3.05) is 14.2 Å². The van der Waals surface area contributed by atoms with E-state index in [0.29, 0.717) is 4.77 Å². The summed E-state index contributed by atoms with van der Waals surface area (Å²) < 4.78 is 11.2. The van der Waals surface area contributed by atoms with Gasteiger partial charge in [0.15, 0.2) is 4.77 Å². The number of nitrogens with zero attached hydrogens (tertiary/aromatic N) is 1. The zero-order valence-electron chi connectivity index (χ0n) is 10.5. The van der Waals surface area contributed by atoms with Gasteiger partial charge in [-0.15, -0.1) is 0 Å². The lowest BCUT2D eigenvalue weighted by molar-refractivity contribution is 0.397. The molecule has 1 aromatic carbocycles. The lowest BCUT2D eigenvalue weighted by atomic mass is 10.1. The van der Waals surface area contributed by atoms with Gasteiger partial charge in [-0.05, 0) is 36.8 Å². The molecule has 0 aliphatic heterocycles. The smallest absolute Gasteiger partial charge is 0.197 e. The minimum atomic E-state index is 0.434. The van der Waals surface area contributed by atoms with Crippen LogP contribution in [0.2, 0.25) is 0 Å². The van der Waals surface area contributed by atoms with Gasteiger partial charge in [0.2, 0.25) is 0 Å². The minimum absolute atomic E-state index is 0.434. The van der Waals surface area contributed by atoms with Gasteiger partial charge in [0.25, 0.3) is 0 Å². The summed E-state index contributed by atoms with van der Waals surface area (Å²) in [5, 5.41) is 0. The molecule has 1 N–H and O–H groups in total. The fraction of sp³-hybridized carbons (Fsp3) is 0.231. The van der Waals surface area contributed by atoms with Crippen molar-refractivity contribution in [3.8, 4) is 22.8 Å². The third kappa shape index (κ3) is 2.22. The Labute approximate surface area is 111 Å². The molecule has 1 aromatic heterocycles. The molecule has 0 fully saturated rings. The molecule has 0 amide bonds. The summed E-state index contributed by atoms with van der Waals surface area (Å²) >= 11 is 5.07. The molecule has 0 bridgehead atoms. The predicted octanol–water partition coefficient (Wildman–Crippen LogP) is 3.13. The lowest BCUT2D eigenvalue weighted by Crippen LogP contribution is -1.97. The Morgan fingerprint density at radius 3 is 2.33 bits per heavy atom. The van der Waals surface area contributed by atoms with Crippen LogP contribution in [0.5, 0.6) is 11.5 Å². The first kappa shape index (κ1) is 12.6. The Morgan fingerprint density at radius 1 is 1.17 bits per heavy atom. The fourth-order valence-electron chi connectivity index (χ4n) is 1.82. The summed E-state index contributed by atoms with van der Waals surface area (Å²) in [5.41, 5.74) is 2.70. The summed E-state index contributed by atoms with van der Waals surface area (Å²) in [5.74, 6) is 1.46. The Morgan fingerprint density at radius 2 is 1.78 bits per heavy atom. The van der Waals surface area contributed by atoms with Gasteiger partial charge < -0.3 is 14.5 Å². The lowest BCUT2D eigenvalue weighted by Gasteiger charge is -2.14. The maximum absolute atomic E-state index is 5.38. The molecule has 0 aliphatic rings. The Bertz CT molecular complexity index is 600. The van der Waals surface area contributed by atoms with Crippen LogP contribution in [-0.4, -0.2) is 24.2 Å². The van der Waals surface area contributed by atoms with Crippen molar-refractivity contribution in [2.45, 2.75) is 6.92 Å². The molecule has 0 unspecified atom stereocenters. The SMILES string of the molecule is COc1cccc(OC)c1-c1[nH]c(=S)ncc1C. The number of aromatic nitrogens is 2. The van der Waals surface area contributed by atoms with Gasteiger partial charge in [-0.3, -0.25) is 0 Å². The highest BCUT2D eigenvalue weighted by Gasteiger charge is 2.14. The van der Waals surface area contributed by atoms with Crippen LogP contribution in [0.1, 0.15) is 5.56 Å². The highest BCUT2D eigenvalue weighted by molar-refractivity contribution is 7.71. The van der Waals surface area contributed by atoms with Gasteiger partial charge >= 0.3 is 0 Å². The standard InChI is InChI=1S/C13H14N2O2S/c1-8-7-14-13(18)15-12(8)11-9(16-2)5-4-6-10(11)17-3/h4-7H,1-3H3,(H,14,15,18). The molecular formula is C13H14N2O2S. The Hall–Kier alpha value is -1.88. The van der Waals surface area contributed by atoms with Gasteiger partial charge in [0.05, 0.1) is 25.5 Å². The summed E-state index contributed by atoms with van der Waals surface area (Å²) in [6.07, 6.45) is 1.74. The third-order valence-corrected chi connectivity index (χ3v) is 2.89. The molecule has 0 saturated carbocycles. The average molecular weight is 262 g/mol. The summed E-state index contributed by atoms with van der Waals surface area (Å²) in [4.78, 5) is 7.14. The van der Waals surface area contributed by atoms with E-state index in [9.17, 15) is 0 Å². The number of hydrogen-bond acceptors (Lipinski definition) is 4. The number of nitrogens with one attached hydrogen (secondary N) is 1. The van der Waals surface area contributed by atoms with Crippen molar-refractivity contribution in [3.63, 3.8) is 0 Å². The van der Waals surface area contributed by atoms with Crippen molar-refractivity contribution >= 4 is 12.2 Å². The molecule has 5 heteroatoms. The van der Waals surface area contributed by atoms with E-state index >= 15 is 0 Å². The molecule has 0 atom stereocenters. The van der Waals surface area contributed by atoms with E-state index < -0.39 is 0 Å². The van der Waals surface area contributed by atoms with Crippen molar-refractivity contribution in [2.24, 2.45) is 0 Å². The van der Waals surface area contributed by atoms with Gasteiger partial charge in [0.1, 0.15) is 11.5 Å². The van der Waals surface area contributed by atoms with E-state index in [2.05, 4.69) is 9.97 Å². The van der Waals surface area contributed by atoms with Gasteiger partial charge in [-0.2, -0.15) is 0 Å². The number of aromatic amines is 1. The van der Waals surface area contributed by atoms with Crippen molar-refractivity contribution in [1.29, 1.82) is 0 Å². The molecule has 2 rings (SSSR count). The minimum Gasteiger partial charge on any atom is -0.496 e. The van der Waals surface area contributed by atoms with E-state index in [1.807, 2.05) is 25.1 Å². The Balaban J connectivity index is 2.76. The molecule has 0 aliphatic carbocycles. The normalized spacial score (nSPS) is 10.2. The zero-order chi connectivity index (χ0) is 13.1. The fourth-order valence-corrected chi connectivity index (χ4v) is 1.97. The van der Waals surface area contributed by atoms with Crippen molar-refractivity contribution in [1.82, 2.24) is 9.97 Å². The van der Waals surface area contributed by atoms with Gasteiger partial charge in [-0.1, -0.05) is 6.07 Å². The maximum Gasteiger partial charge on any atom is 0.197 e. The number of hydrogen-bond donors (Lipinski definition) is 1. The quantitative estimate of drug-likeness (QED) is 0.863. The number of benzene rings is 1. The monoisotopic (exact) mass is 262 g/mol. The van der Waals surface area contributed by atoms with E-state index in [-0.39, 0.29) is 0 Å². The number of rotatable bonds is 3. The molecule has 94 valence electrons. The summed E-state index contributed by atoms with van der Waals surface area (Å²) in [6.45, 7) is 1.96. The molecular weight excluding hydrogens is 248 g/mol. The second kappa shape index (κ2) is 5.18. The van der Waals surface area contributed by atoms with Gasteiger partial charge in [-0.25, -0.2) is 4.98 Å². The molecule has 0 spiro atoms. The number of methoxy groups -OCH3 is 2. The second-order valence-corrected chi connectivity index (χ2v) is 4.17. The summed E-state index contributed by atoms with van der Waals surface area (Å²) in [7, 11) is 3.26. The predicted molar refractivity (Wildman–Crippen MR) is 72.7 cm³/mol. The van der Waals surface area contributed by atoms with Crippen LogP contribution in [0.15, 0.2) is 24.4 Å². The van der Waals surface area contributed by atoms with E-state index in [1.165, 1.54) is 0 Å². The van der Waals surface area contributed by atoms with Crippen molar-refractivity contribution in [3.05, 3.63) is 34.7 Å². The van der Waals surface area contributed by atoms with Crippen LogP contribution < -0.4 is 9.47 Å². The second-order valence-electron chi connectivity index (χ2n) is 3.78. The molecule has 2 aromatic rings. The highest BCUT2D eigenvalue weighted by atomic mass is 32.1. The first-order valence-electron chi connectivity index (χ1n) is 5.44. The molecule has 1 heterocycles. The van der Waals surface area contributed by atoms with Gasteiger partial charge in [0, 0.05) is 6.20 Å². The van der Waals surface area contributed by atoms with Crippen LogP contribution in [0, 0.1) is 11.7 Å². The van der Waals surface area contributed by atoms with Crippen LogP contribution in [0.3, 0.4) is 0 Å². The number of ether oxygens (including phenoxy) is 2. The van der Waals surface area contributed by atoms with Crippen LogP contribution in [0.25, 0.3) is 11.3 Å². The van der Waals surface area contributed by atoms with E-state index in [4.69, 9.17) is 21.7 Å². The first-order chi connectivity index (χ1) is 8.67. The largest absolute Gasteiger partial charge is 0.496 e. The molecule has 0 saturated heterocycles. The zero-order valence-corrected chi connectivity index (χ0v) is 11.3. The van der Waals surface area contributed by atoms with Crippen molar-refractivity contribution < 1.29 is 9.47 Å². The molecule has 0 radical (unpaired) electrons. The van der Waals surface area contributed by atoms with E-state index in [0.717, 1.165) is 28.3 Å². The van der Waals surface area contributed by atoms with Crippen LogP contribution in [-0.2, 0) is 0 Å². The number of H-pyrrole nitrogens is 1. The molecule has 4 nitrogen and oxygen atoms in total. The van der Waals surface area contributed by atoms with Crippen LogP contribution >= 0.6 is 12.2 Å². The van der Waals surface area contributed by atoms with E-state index in [1.54, 1.807) is 20.4 Å². The number of aryl methyl sites for hydroxylation is 1. The Kier molecular flexibility index (Phi) is 3.62.